The third kappa shape index (κ3) is 3.38. The van der Waals surface area contributed by atoms with Gasteiger partial charge in [0, 0.05) is 23.7 Å². The van der Waals surface area contributed by atoms with Crippen molar-refractivity contribution in [3.8, 4) is 11.3 Å². The van der Waals surface area contributed by atoms with Gasteiger partial charge in [0.05, 0.1) is 5.69 Å². The van der Waals surface area contributed by atoms with Crippen LogP contribution in [0.25, 0.3) is 11.3 Å². The van der Waals surface area contributed by atoms with Crippen LogP contribution in [0.4, 0.5) is 0 Å². The van der Waals surface area contributed by atoms with Crippen LogP contribution in [0, 0.1) is 6.92 Å². The summed E-state index contributed by atoms with van der Waals surface area (Å²) < 4.78 is 0. The van der Waals surface area contributed by atoms with Crippen LogP contribution in [-0.2, 0) is 0 Å². The van der Waals surface area contributed by atoms with Crippen molar-refractivity contribution >= 4 is 0 Å². The Morgan fingerprint density at radius 3 is 2.53 bits per heavy atom. The minimum Gasteiger partial charge on any atom is -0.319 e. The lowest BCUT2D eigenvalue weighted by Crippen LogP contribution is -2.19. The highest BCUT2D eigenvalue weighted by atomic mass is 14.9. The molecule has 1 atom stereocenters. The van der Waals surface area contributed by atoms with Gasteiger partial charge in [0.15, 0.2) is 0 Å². The van der Waals surface area contributed by atoms with Crippen molar-refractivity contribution in [1.29, 1.82) is 0 Å². The highest BCUT2D eigenvalue weighted by molar-refractivity contribution is 5.59. The molecule has 1 unspecified atom stereocenters. The SMILES string of the molecule is CCC(CNC)c1nc(C)cc(-c2ccccc2)n1. The van der Waals surface area contributed by atoms with Gasteiger partial charge in [0.25, 0.3) is 0 Å². The molecule has 0 radical (unpaired) electrons. The molecular weight excluding hydrogens is 234 g/mol. The van der Waals surface area contributed by atoms with E-state index < -0.39 is 0 Å². The summed E-state index contributed by atoms with van der Waals surface area (Å²) in [5.74, 6) is 1.31. The van der Waals surface area contributed by atoms with Crippen molar-refractivity contribution in [2.45, 2.75) is 26.2 Å². The van der Waals surface area contributed by atoms with Crippen LogP contribution in [0.1, 0.15) is 30.8 Å². The molecule has 2 rings (SSSR count). The Hall–Kier alpha value is -1.74. The summed E-state index contributed by atoms with van der Waals surface area (Å²) in [6.07, 6.45) is 1.04. The molecule has 0 spiro atoms. The Kier molecular flexibility index (Phi) is 4.63. The first-order chi connectivity index (χ1) is 9.24. The highest BCUT2D eigenvalue weighted by Crippen LogP contribution is 2.21. The summed E-state index contributed by atoms with van der Waals surface area (Å²) in [7, 11) is 1.97. The van der Waals surface area contributed by atoms with Gasteiger partial charge in [-0.1, -0.05) is 37.3 Å². The number of likely N-dealkylation sites (N-methyl/N-ethyl adjacent to an activating group) is 1. The lowest BCUT2D eigenvalue weighted by Gasteiger charge is -2.14. The maximum atomic E-state index is 4.74. The van der Waals surface area contributed by atoms with Gasteiger partial charge in [0.2, 0.25) is 0 Å². The van der Waals surface area contributed by atoms with E-state index in [-0.39, 0.29) is 0 Å². The lowest BCUT2D eigenvalue weighted by atomic mass is 10.0. The van der Waals surface area contributed by atoms with Crippen LogP contribution in [0.5, 0.6) is 0 Å². The normalized spacial score (nSPS) is 12.4. The first-order valence-electron chi connectivity index (χ1n) is 6.80. The third-order valence-electron chi connectivity index (χ3n) is 3.25. The van der Waals surface area contributed by atoms with E-state index in [1.54, 1.807) is 0 Å². The molecule has 1 heterocycles. The zero-order valence-corrected chi connectivity index (χ0v) is 11.9. The standard InChI is InChI=1S/C16H21N3/c1-4-13(11-17-3)16-18-12(2)10-15(19-16)14-8-6-5-7-9-14/h5-10,13,17H,4,11H2,1-3H3. The van der Waals surface area contributed by atoms with E-state index in [2.05, 4.69) is 29.4 Å². The number of nitrogens with one attached hydrogen (secondary N) is 1. The third-order valence-corrected chi connectivity index (χ3v) is 3.25. The fraction of sp³-hybridized carbons (Fsp3) is 0.375. The average molecular weight is 255 g/mol. The molecule has 3 nitrogen and oxygen atoms in total. The molecule has 0 fully saturated rings. The first kappa shape index (κ1) is 13.7. The molecule has 0 aliphatic rings. The van der Waals surface area contributed by atoms with Crippen LogP contribution in [0.15, 0.2) is 36.4 Å². The average Bonchev–Trinajstić information content (AvgIpc) is 2.45. The maximum absolute atomic E-state index is 4.74. The lowest BCUT2D eigenvalue weighted by molar-refractivity contribution is 0.579. The molecule has 0 aliphatic carbocycles. The fourth-order valence-corrected chi connectivity index (χ4v) is 2.20. The number of nitrogens with zero attached hydrogens (tertiary/aromatic N) is 2. The number of rotatable bonds is 5. The fourth-order valence-electron chi connectivity index (χ4n) is 2.20. The smallest absolute Gasteiger partial charge is 0.133 e. The van der Waals surface area contributed by atoms with Crippen molar-refractivity contribution in [2.75, 3.05) is 13.6 Å². The van der Waals surface area contributed by atoms with Crippen LogP contribution in [0.2, 0.25) is 0 Å². The first-order valence-corrected chi connectivity index (χ1v) is 6.80. The van der Waals surface area contributed by atoms with Gasteiger partial charge in [-0.15, -0.1) is 0 Å². The predicted octanol–water partition coefficient (Wildman–Crippen LogP) is 3.17. The van der Waals surface area contributed by atoms with E-state index in [4.69, 9.17) is 4.98 Å². The van der Waals surface area contributed by atoms with Crippen LogP contribution in [0.3, 0.4) is 0 Å². The molecule has 1 N–H and O–H groups in total. The number of aryl methyl sites for hydroxylation is 1. The number of benzene rings is 1. The Morgan fingerprint density at radius 2 is 1.89 bits per heavy atom. The molecule has 0 amide bonds. The zero-order chi connectivity index (χ0) is 13.7. The molecule has 100 valence electrons. The molecule has 2 aromatic rings. The summed E-state index contributed by atoms with van der Waals surface area (Å²) in [5.41, 5.74) is 3.18. The molecule has 1 aromatic carbocycles. The van der Waals surface area contributed by atoms with Gasteiger partial charge in [-0.3, -0.25) is 0 Å². The number of hydrogen-bond acceptors (Lipinski definition) is 3. The highest BCUT2D eigenvalue weighted by Gasteiger charge is 2.13. The molecule has 0 saturated heterocycles. The van der Waals surface area contributed by atoms with Gasteiger partial charge in [-0.05, 0) is 26.5 Å². The molecule has 0 saturated carbocycles. The molecular formula is C16H21N3. The molecule has 1 aromatic heterocycles. The Morgan fingerprint density at radius 1 is 1.16 bits per heavy atom. The van der Waals surface area contributed by atoms with E-state index >= 15 is 0 Å². The van der Waals surface area contributed by atoms with E-state index in [0.717, 1.165) is 35.7 Å². The van der Waals surface area contributed by atoms with E-state index in [0.29, 0.717) is 5.92 Å². The van der Waals surface area contributed by atoms with Gasteiger partial charge in [-0.2, -0.15) is 0 Å². The summed E-state index contributed by atoms with van der Waals surface area (Å²) >= 11 is 0. The molecule has 0 bridgehead atoms. The van der Waals surface area contributed by atoms with E-state index in [1.807, 2.05) is 38.2 Å². The van der Waals surface area contributed by atoms with Gasteiger partial charge >= 0.3 is 0 Å². The maximum Gasteiger partial charge on any atom is 0.133 e. The molecule has 0 aliphatic heterocycles. The molecule has 19 heavy (non-hydrogen) atoms. The van der Waals surface area contributed by atoms with E-state index in [9.17, 15) is 0 Å². The van der Waals surface area contributed by atoms with Crippen molar-refractivity contribution < 1.29 is 0 Å². The largest absolute Gasteiger partial charge is 0.319 e. The number of aromatic nitrogens is 2. The van der Waals surface area contributed by atoms with Crippen LogP contribution < -0.4 is 5.32 Å². The van der Waals surface area contributed by atoms with Gasteiger partial charge in [-0.25, -0.2) is 9.97 Å². The van der Waals surface area contributed by atoms with Crippen molar-refractivity contribution in [1.82, 2.24) is 15.3 Å². The quantitative estimate of drug-likeness (QED) is 0.891. The second-order valence-electron chi connectivity index (χ2n) is 4.78. The number of hydrogen-bond donors (Lipinski definition) is 1. The summed E-state index contributed by atoms with van der Waals surface area (Å²) in [4.78, 5) is 9.34. The van der Waals surface area contributed by atoms with E-state index in [1.165, 1.54) is 0 Å². The van der Waals surface area contributed by atoms with Crippen LogP contribution >= 0.6 is 0 Å². The second-order valence-corrected chi connectivity index (χ2v) is 4.78. The van der Waals surface area contributed by atoms with Crippen molar-refractivity contribution in [3.63, 3.8) is 0 Å². The van der Waals surface area contributed by atoms with Gasteiger partial charge in [0.1, 0.15) is 5.82 Å². The van der Waals surface area contributed by atoms with Crippen molar-refractivity contribution in [3.05, 3.63) is 47.9 Å². The zero-order valence-electron chi connectivity index (χ0n) is 11.9. The van der Waals surface area contributed by atoms with Crippen molar-refractivity contribution in [2.24, 2.45) is 0 Å². The summed E-state index contributed by atoms with van der Waals surface area (Å²) in [5, 5.41) is 3.22. The van der Waals surface area contributed by atoms with Gasteiger partial charge < -0.3 is 5.32 Å². The Balaban J connectivity index is 2.39. The second kappa shape index (κ2) is 6.43. The molecule has 3 heteroatoms. The Labute approximate surface area is 115 Å². The summed E-state index contributed by atoms with van der Waals surface area (Å²) in [6.45, 7) is 5.12. The Bertz CT molecular complexity index is 523. The topological polar surface area (TPSA) is 37.8 Å². The summed E-state index contributed by atoms with van der Waals surface area (Å²) in [6, 6.07) is 12.3. The minimum absolute atomic E-state index is 0.368. The predicted molar refractivity (Wildman–Crippen MR) is 79.2 cm³/mol. The van der Waals surface area contributed by atoms with Crippen LogP contribution in [-0.4, -0.2) is 23.6 Å². The monoisotopic (exact) mass is 255 g/mol. The minimum atomic E-state index is 0.368.